The molecule has 1 fully saturated rings. The van der Waals surface area contributed by atoms with E-state index in [0.29, 0.717) is 22.7 Å². The van der Waals surface area contributed by atoms with Crippen LogP contribution in [-0.2, 0) is 0 Å². The zero-order valence-corrected chi connectivity index (χ0v) is 11.9. The van der Waals surface area contributed by atoms with Gasteiger partial charge in [-0.3, -0.25) is 0 Å². The van der Waals surface area contributed by atoms with Gasteiger partial charge in [0.05, 0.1) is 17.7 Å². The lowest BCUT2D eigenvalue weighted by molar-refractivity contribution is 0.616. The van der Waals surface area contributed by atoms with Crippen molar-refractivity contribution in [3.63, 3.8) is 0 Å². The number of rotatable bonds is 4. The Kier molecular flexibility index (Phi) is 3.62. The lowest BCUT2D eigenvalue weighted by atomic mass is 10.0. The van der Waals surface area contributed by atoms with Crippen LogP contribution in [-0.4, -0.2) is 0 Å². The lowest BCUT2D eigenvalue weighted by Gasteiger charge is -2.22. The van der Waals surface area contributed by atoms with Gasteiger partial charge in [0.15, 0.2) is 0 Å². The maximum absolute atomic E-state index is 13.9. The standard InChI is InChI=1S/C18H17FN2/c1-12-16(19)9-13(11-20)10-17(12)21-18(15-7-8-15)14-5-3-2-4-6-14/h2-6,9-10,15,18,21H,7-8H2,1H3. The van der Waals surface area contributed by atoms with Crippen LogP contribution < -0.4 is 5.32 Å². The lowest BCUT2D eigenvalue weighted by Crippen LogP contribution is -2.14. The van der Waals surface area contributed by atoms with Gasteiger partial charge in [0, 0.05) is 11.3 Å². The molecule has 1 unspecified atom stereocenters. The first-order valence-electron chi connectivity index (χ1n) is 7.21. The van der Waals surface area contributed by atoms with Crippen LogP contribution in [0.5, 0.6) is 0 Å². The van der Waals surface area contributed by atoms with Crippen LogP contribution >= 0.6 is 0 Å². The molecule has 3 rings (SSSR count). The Morgan fingerprint density at radius 3 is 2.57 bits per heavy atom. The minimum absolute atomic E-state index is 0.179. The third kappa shape index (κ3) is 2.90. The van der Waals surface area contributed by atoms with Gasteiger partial charge in [-0.25, -0.2) is 4.39 Å². The summed E-state index contributed by atoms with van der Waals surface area (Å²) in [6, 6.07) is 15.4. The second-order valence-electron chi connectivity index (χ2n) is 5.61. The molecule has 0 bridgehead atoms. The van der Waals surface area contributed by atoms with Crippen molar-refractivity contribution in [1.29, 1.82) is 5.26 Å². The molecule has 106 valence electrons. The molecule has 1 saturated carbocycles. The van der Waals surface area contributed by atoms with E-state index in [1.54, 1.807) is 13.0 Å². The predicted molar refractivity (Wildman–Crippen MR) is 81.4 cm³/mol. The molecule has 2 aromatic rings. The van der Waals surface area contributed by atoms with Gasteiger partial charge in [0.1, 0.15) is 5.82 Å². The van der Waals surface area contributed by atoms with Gasteiger partial charge >= 0.3 is 0 Å². The Bertz CT molecular complexity index is 684. The summed E-state index contributed by atoms with van der Waals surface area (Å²) in [6.07, 6.45) is 2.37. The average molecular weight is 280 g/mol. The fourth-order valence-electron chi connectivity index (χ4n) is 2.62. The molecule has 0 aliphatic heterocycles. The third-order valence-electron chi connectivity index (χ3n) is 4.04. The normalized spacial score (nSPS) is 15.3. The molecular formula is C18H17FN2. The maximum atomic E-state index is 13.9. The highest BCUT2D eigenvalue weighted by molar-refractivity contribution is 5.57. The van der Waals surface area contributed by atoms with Crippen molar-refractivity contribution in [1.82, 2.24) is 0 Å². The molecule has 0 radical (unpaired) electrons. The highest BCUT2D eigenvalue weighted by Gasteiger charge is 2.32. The summed E-state index contributed by atoms with van der Waals surface area (Å²) >= 11 is 0. The van der Waals surface area contributed by atoms with Crippen molar-refractivity contribution >= 4 is 5.69 Å². The topological polar surface area (TPSA) is 35.8 Å². The zero-order valence-electron chi connectivity index (χ0n) is 11.9. The number of nitriles is 1. The van der Waals surface area contributed by atoms with Crippen LogP contribution in [0.25, 0.3) is 0 Å². The molecule has 3 heteroatoms. The van der Waals surface area contributed by atoms with Gasteiger partial charge in [0.25, 0.3) is 0 Å². The summed E-state index contributed by atoms with van der Waals surface area (Å²) in [5, 5.41) is 12.5. The molecular weight excluding hydrogens is 263 g/mol. The molecule has 21 heavy (non-hydrogen) atoms. The van der Waals surface area contributed by atoms with Crippen molar-refractivity contribution in [2.75, 3.05) is 5.32 Å². The van der Waals surface area contributed by atoms with Crippen molar-refractivity contribution in [3.8, 4) is 6.07 Å². The number of anilines is 1. The Morgan fingerprint density at radius 1 is 1.24 bits per heavy atom. The fourth-order valence-corrected chi connectivity index (χ4v) is 2.62. The summed E-state index contributed by atoms with van der Waals surface area (Å²) in [4.78, 5) is 0. The number of hydrogen-bond donors (Lipinski definition) is 1. The Labute approximate surface area is 124 Å². The van der Waals surface area contributed by atoms with Crippen molar-refractivity contribution in [2.24, 2.45) is 5.92 Å². The highest BCUT2D eigenvalue weighted by atomic mass is 19.1. The van der Waals surface area contributed by atoms with Gasteiger partial charge in [-0.05, 0) is 43.4 Å². The zero-order chi connectivity index (χ0) is 14.8. The minimum Gasteiger partial charge on any atom is -0.378 e. The SMILES string of the molecule is Cc1c(F)cc(C#N)cc1NC(c1ccccc1)C1CC1. The summed E-state index contributed by atoms with van der Waals surface area (Å²) in [5.41, 5.74) is 2.84. The van der Waals surface area contributed by atoms with Gasteiger partial charge in [-0.15, -0.1) is 0 Å². The van der Waals surface area contributed by atoms with Gasteiger partial charge in [-0.1, -0.05) is 30.3 Å². The molecule has 0 amide bonds. The molecule has 1 aliphatic carbocycles. The van der Waals surface area contributed by atoms with Crippen LogP contribution in [0.4, 0.5) is 10.1 Å². The first kappa shape index (κ1) is 13.6. The maximum Gasteiger partial charge on any atom is 0.129 e. The smallest absolute Gasteiger partial charge is 0.129 e. The van der Waals surface area contributed by atoms with Crippen molar-refractivity contribution < 1.29 is 4.39 Å². The molecule has 0 aromatic heterocycles. The molecule has 0 heterocycles. The summed E-state index contributed by atoms with van der Waals surface area (Å²) in [5.74, 6) is 0.250. The van der Waals surface area contributed by atoms with E-state index in [2.05, 4.69) is 17.4 Å². The van der Waals surface area contributed by atoms with E-state index in [9.17, 15) is 4.39 Å². The number of benzene rings is 2. The van der Waals surface area contributed by atoms with Crippen LogP contribution in [0.15, 0.2) is 42.5 Å². The van der Waals surface area contributed by atoms with Crippen LogP contribution in [0, 0.1) is 30.0 Å². The van der Waals surface area contributed by atoms with E-state index in [4.69, 9.17) is 5.26 Å². The minimum atomic E-state index is -0.334. The van der Waals surface area contributed by atoms with Gasteiger partial charge < -0.3 is 5.32 Å². The van der Waals surface area contributed by atoms with Gasteiger partial charge in [0.2, 0.25) is 0 Å². The van der Waals surface area contributed by atoms with E-state index in [-0.39, 0.29) is 11.9 Å². The predicted octanol–water partition coefficient (Wildman–Crippen LogP) is 4.57. The van der Waals surface area contributed by atoms with Crippen LogP contribution in [0.2, 0.25) is 0 Å². The van der Waals surface area contributed by atoms with E-state index in [1.165, 1.54) is 24.5 Å². The molecule has 1 aliphatic rings. The van der Waals surface area contributed by atoms with Crippen LogP contribution in [0.1, 0.15) is 35.6 Å². The van der Waals surface area contributed by atoms with Crippen LogP contribution in [0.3, 0.4) is 0 Å². The summed E-state index contributed by atoms with van der Waals surface area (Å²) < 4.78 is 13.9. The van der Waals surface area contributed by atoms with E-state index >= 15 is 0 Å². The number of halogens is 1. The molecule has 0 spiro atoms. The molecule has 1 atom stereocenters. The first-order chi connectivity index (χ1) is 10.2. The Balaban J connectivity index is 1.94. The van der Waals surface area contributed by atoms with E-state index in [1.807, 2.05) is 24.3 Å². The molecule has 2 nitrogen and oxygen atoms in total. The molecule has 0 saturated heterocycles. The van der Waals surface area contributed by atoms with E-state index < -0.39 is 0 Å². The molecule has 1 N–H and O–H groups in total. The average Bonchev–Trinajstić information content (AvgIpc) is 3.34. The first-order valence-corrected chi connectivity index (χ1v) is 7.21. The van der Waals surface area contributed by atoms with Gasteiger partial charge in [-0.2, -0.15) is 5.26 Å². The largest absolute Gasteiger partial charge is 0.378 e. The highest BCUT2D eigenvalue weighted by Crippen LogP contribution is 2.43. The Hall–Kier alpha value is -2.34. The Morgan fingerprint density at radius 2 is 1.95 bits per heavy atom. The third-order valence-corrected chi connectivity index (χ3v) is 4.04. The summed E-state index contributed by atoms with van der Waals surface area (Å²) in [6.45, 7) is 1.74. The second-order valence-corrected chi connectivity index (χ2v) is 5.61. The second kappa shape index (κ2) is 5.57. The fraction of sp³-hybridized carbons (Fsp3) is 0.278. The summed E-state index contributed by atoms with van der Waals surface area (Å²) in [7, 11) is 0. The van der Waals surface area contributed by atoms with Crippen molar-refractivity contribution in [2.45, 2.75) is 25.8 Å². The van der Waals surface area contributed by atoms with E-state index in [0.717, 1.165) is 0 Å². The quantitative estimate of drug-likeness (QED) is 0.890. The number of nitrogens with zero attached hydrogens (tertiary/aromatic N) is 1. The number of hydrogen-bond acceptors (Lipinski definition) is 2. The molecule has 2 aromatic carbocycles. The van der Waals surface area contributed by atoms with Crippen molar-refractivity contribution in [3.05, 3.63) is 65.0 Å². The number of nitrogens with one attached hydrogen (secondary N) is 1. The monoisotopic (exact) mass is 280 g/mol.